The molecule has 188 valence electrons. The summed E-state index contributed by atoms with van der Waals surface area (Å²) in [6, 6.07) is 14.2. The molecule has 0 N–H and O–H groups in total. The molecule has 9 heteroatoms. The summed E-state index contributed by atoms with van der Waals surface area (Å²) >= 11 is 0. The molecule has 0 aliphatic carbocycles. The molecular weight excluding hydrogens is 478 g/mol. The Hall–Kier alpha value is -3.43. The highest BCUT2D eigenvalue weighted by Gasteiger charge is 2.31. The fourth-order valence-electron chi connectivity index (χ4n) is 4.82. The van der Waals surface area contributed by atoms with E-state index in [1.54, 1.807) is 34.8 Å². The van der Waals surface area contributed by atoms with Crippen molar-refractivity contribution in [3.63, 3.8) is 0 Å². The first-order valence-corrected chi connectivity index (χ1v) is 13.5. The van der Waals surface area contributed by atoms with Crippen molar-refractivity contribution < 1.29 is 22.4 Å². The highest BCUT2D eigenvalue weighted by Crippen LogP contribution is 2.36. The van der Waals surface area contributed by atoms with Crippen molar-refractivity contribution in [1.29, 1.82) is 0 Å². The van der Waals surface area contributed by atoms with Crippen molar-refractivity contribution in [1.82, 2.24) is 13.9 Å². The number of hydrogen-bond acceptors (Lipinski definition) is 6. The van der Waals surface area contributed by atoms with E-state index in [9.17, 15) is 13.2 Å². The molecule has 4 heterocycles. The second-order valence-corrected chi connectivity index (χ2v) is 11.2. The van der Waals surface area contributed by atoms with E-state index in [-0.39, 0.29) is 23.5 Å². The van der Waals surface area contributed by atoms with E-state index in [4.69, 9.17) is 14.1 Å². The van der Waals surface area contributed by atoms with E-state index in [1.807, 2.05) is 48.9 Å². The zero-order valence-electron chi connectivity index (χ0n) is 20.3. The van der Waals surface area contributed by atoms with Gasteiger partial charge in [0.15, 0.2) is 5.76 Å². The van der Waals surface area contributed by atoms with Crippen LogP contribution in [-0.4, -0.2) is 47.8 Å². The average Bonchev–Trinajstić information content (AvgIpc) is 3.53. The van der Waals surface area contributed by atoms with Crippen molar-refractivity contribution in [2.45, 2.75) is 50.2 Å². The number of aromatic nitrogens is 2. The number of sulfonamides is 1. The predicted octanol–water partition coefficient (Wildman–Crippen LogP) is 4.85. The van der Waals surface area contributed by atoms with Crippen LogP contribution in [0.15, 0.2) is 70.3 Å². The van der Waals surface area contributed by atoms with Gasteiger partial charge in [-0.15, -0.1) is 0 Å². The second kappa shape index (κ2) is 9.91. The molecule has 0 bridgehead atoms. The van der Waals surface area contributed by atoms with Gasteiger partial charge in [0.1, 0.15) is 23.4 Å². The minimum atomic E-state index is -3.59. The highest BCUT2D eigenvalue weighted by molar-refractivity contribution is 7.89. The largest absolute Gasteiger partial charge is 0.491 e. The molecule has 0 radical (unpaired) electrons. The third kappa shape index (κ3) is 4.68. The molecule has 0 amide bonds. The molecule has 5 rings (SSSR count). The first-order chi connectivity index (χ1) is 17.4. The van der Waals surface area contributed by atoms with Crippen molar-refractivity contribution in [2.75, 3.05) is 13.1 Å². The molecule has 36 heavy (non-hydrogen) atoms. The van der Waals surface area contributed by atoms with E-state index in [0.29, 0.717) is 43.1 Å². The van der Waals surface area contributed by atoms with Crippen LogP contribution in [0, 0.1) is 0 Å². The van der Waals surface area contributed by atoms with Crippen molar-refractivity contribution >= 4 is 27.3 Å². The lowest BCUT2D eigenvalue weighted by Crippen LogP contribution is -2.37. The Morgan fingerprint density at radius 3 is 2.50 bits per heavy atom. The van der Waals surface area contributed by atoms with Gasteiger partial charge in [-0.3, -0.25) is 0 Å². The van der Waals surface area contributed by atoms with Crippen LogP contribution < -0.4 is 4.74 Å². The molecule has 1 aromatic carbocycles. The van der Waals surface area contributed by atoms with Gasteiger partial charge in [-0.2, -0.15) is 4.31 Å². The van der Waals surface area contributed by atoms with E-state index < -0.39 is 10.0 Å². The molecule has 1 aliphatic rings. The maximum absolute atomic E-state index is 13.2. The van der Waals surface area contributed by atoms with Gasteiger partial charge in [0.25, 0.3) is 0 Å². The molecule has 8 nitrogen and oxygen atoms in total. The number of hydrogen-bond donors (Lipinski definition) is 0. The maximum Gasteiger partial charge on any atom is 0.243 e. The summed E-state index contributed by atoms with van der Waals surface area (Å²) in [6.07, 6.45) is 5.85. The van der Waals surface area contributed by atoms with Crippen LogP contribution in [0.25, 0.3) is 22.5 Å². The average molecular weight is 508 g/mol. The quantitative estimate of drug-likeness (QED) is 0.317. The SMILES string of the molecule is CC(C)Oc1ccc(S(=O)(=O)N2CCC(c3cn(CC=O)c4nc(-c5ccco5)ccc34)CC2)cc1. The molecule has 3 aromatic heterocycles. The molecule has 1 aliphatic heterocycles. The summed E-state index contributed by atoms with van der Waals surface area (Å²) in [5, 5.41) is 0.981. The smallest absolute Gasteiger partial charge is 0.243 e. The lowest BCUT2D eigenvalue weighted by molar-refractivity contribution is -0.108. The molecule has 0 unspecified atom stereocenters. The fraction of sp³-hybridized carbons (Fsp3) is 0.333. The van der Waals surface area contributed by atoms with Crippen LogP contribution >= 0.6 is 0 Å². The molecule has 4 aromatic rings. The van der Waals surface area contributed by atoms with Gasteiger partial charge >= 0.3 is 0 Å². The number of fused-ring (bicyclic) bond motifs is 1. The van der Waals surface area contributed by atoms with Gasteiger partial charge in [0, 0.05) is 24.7 Å². The molecule has 0 saturated carbocycles. The molecule has 1 fully saturated rings. The van der Waals surface area contributed by atoms with E-state index in [1.165, 1.54) is 0 Å². The number of carbonyl (C=O) groups is 1. The third-order valence-corrected chi connectivity index (χ3v) is 8.44. The van der Waals surface area contributed by atoms with E-state index >= 15 is 0 Å². The van der Waals surface area contributed by atoms with Crippen LogP contribution in [0.4, 0.5) is 0 Å². The zero-order valence-corrected chi connectivity index (χ0v) is 21.1. The zero-order chi connectivity index (χ0) is 25.3. The summed E-state index contributed by atoms with van der Waals surface area (Å²) in [6.45, 7) is 4.92. The maximum atomic E-state index is 13.2. The lowest BCUT2D eigenvalue weighted by atomic mass is 9.90. The molecule has 0 spiro atoms. The van der Waals surface area contributed by atoms with Crippen LogP contribution in [0.5, 0.6) is 5.75 Å². The van der Waals surface area contributed by atoms with Crippen molar-refractivity contribution in [3.05, 3.63) is 66.6 Å². The van der Waals surface area contributed by atoms with Crippen LogP contribution in [0.1, 0.15) is 38.2 Å². The number of pyridine rings is 1. The summed E-state index contributed by atoms with van der Waals surface area (Å²) in [7, 11) is -3.59. The van der Waals surface area contributed by atoms with Gasteiger partial charge in [0.05, 0.1) is 23.8 Å². The fourth-order valence-corrected chi connectivity index (χ4v) is 6.29. The van der Waals surface area contributed by atoms with Crippen LogP contribution in [0.2, 0.25) is 0 Å². The summed E-state index contributed by atoms with van der Waals surface area (Å²) in [5.74, 6) is 1.49. The Labute approximate surface area is 210 Å². The lowest BCUT2D eigenvalue weighted by Gasteiger charge is -2.31. The Balaban J connectivity index is 1.35. The van der Waals surface area contributed by atoms with E-state index in [2.05, 4.69) is 0 Å². The van der Waals surface area contributed by atoms with Crippen molar-refractivity contribution in [2.24, 2.45) is 0 Å². The Kier molecular flexibility index (Phi) is 6.68. The summed E-state index contributed by atoms with van der Waals surface area (Å²) in [4.78, 5) is 16.4. The van der Waals surface area contributed by atoms with E-state index in [0.717, 1.165) is 22.9 Å². The van der Waals surface area contributed by atoms with Gasteiger partial charge in [-0.25, -0.2) is 13.4 Å². The van der Waals surface area contributed by atoms with Crippen LogP contribution in [0.3, 0.4) is 0 Å². The Morgan fingerprint density at radius 2 is 1.86 bits per heavy atom. The standard InChI is InChI=1S/C27H29N3O5S/c1-19(2)35-21-5-7-22(8-6-21)36(32,33)30-13-11-20(12-14-30)24-18-29(15-16-31)27-23(24)9-10-25(28-27)26-4-3-17-34-26/h3-10,16-20H,11-15H2,1-2H3. The minimum Gasteiger partial charge on any atom is -0.491 e. The third-order valence-electron chi connectivity index (χ3n) is 6.53. The number of nitrogens with zero attached hydrogens (tertiary/aromatic N) is 3. The predicted molar refractivity (Wildman–Crippen MR) is 136 cm³/mol. The monoisotopic (exact) mass is 507 g/mol. The summed E-state index contributed by atoms with van der Waals surface area (Å²) < 4.78 is 41.0. The number of aldehydes is 1. The number of piperidine rings is 1. The second-order valence-electron chi connectivity index (χ2n) is 9.26. The molecule has 1 saturated heterocycles. The number of benzene rings is 1. The number of carbonyl (C=O) groups excluding carboxylic acids is 1. The Morgan fingerprint density at radius 1 is 1.11 bits per heavy atom. The number of rotatable bonds is 8. The first kappa shape index (κ1) is 24.3. The van der Waals surface area contributed by atoms with Gasteiger partial charge in [0.2, 0.25) is 10.0 Å². The van der Waals surface area contributed by atoms with Gasteiger partial charge < -0.3 is 18.5 Å². The highest BCUT2D eigenvalue weighted by atomic mass is 32.2. The molecule has 0 atom stereocenters. The summed E-state index contributed by atoms with van der Waals surface area (Å²) in [5.41, 5.74) is 2.53. The van der Waals surface area contributed by atoms with Crippen LogP contribution in [-0.2, 0) is 21.4 Å². The Bertz CT molecular complexity index is 1450. The number of ether oxygens (including phenoxy) is 1. The van der Waals surface area contributed by atoms with Crippen molar-refractivity contribution in [3.8, 4) is 17.2 Å². The molecular formula is C27H29N3O5S. The number of furan rings is 1. The first-order valence-electron chi connectivity index (χ1n) is 12.1. The minimum absolute atomic E-state index is 0.0240. The normalized spacial score (nSPS) is 15.5. The topological polar surface area (TPSA) is 94.6 Å². The van der Waals surface area contributed by atoms with Gasteiger partial charge in [-0.05, 0) is 86.7 Å². The van der Waals surface area contributed by atoms with Gasteiger partial charge in [-0.1, -0.05) is 0 Å².